The molecule has 1 rings (SSSR count). The van der Waals surface area contributed by atoms with E-state index >= 15 is 0 Å². The van der Waals surface area contributed by atoms with Crippen molar-refractivity contribution in [3.05, 3.63) is 47.8 Å². The summed E-state index contributed by atoms with van der Waals surface area (Å²) in [5.41, 5.74) is 0.157. The van der Waals surface area contributed by atoms with Gasteiger partial charge in [0, 0.05) is 31.1 Å². The lowest BCUT2D eigenvalue weighted by molar-refractivity contribution is -0.142. The van der Waals surface area contributed by atoms with Gasteiger partial charge in [0.15, 0.2) is 0 Å². The van der Waals surface area contributed by atoms with E-state index in [9.17, 15) is 28.6 Å². The maximum absolute atomic E-state index is 13.5. The minimum atomic E-state index is -1.17. The van der Waals surface area contributed by atoms with Crippen molar-refractivity contribution in [2.24, 2.45) is 5.92 Å². The molecule has 0 aliphatic heterocycles. The first kappa shape index (κ1) is 23.4. The molecule has 0 spiro atoms. The Kier molecular flexibility index (Phi) is 9.94. The molecular weight excluding hydrogens is 372 g/mol. The summed E-state index contributed by atoms with van der Waals surface area (Å²) in [4.78, 5) is 22.7. The van der Waals surface area contributed by atoms with Crippen LogP contribution >= 0.6 is 0 Å². The monoisotopic (exact) mass is 399 g/mol. The predicted molar refractivity (Wildman–Crippen MR) is 100 cm³/mol. The van der Waals surface area contributed by atoms with E-state index in [2.05, 4.69) is 16.0 Å². The maximum atomic E-state index is 13.5. The first-order valence-corrected chi connectivity index (χ1v) is 8.98. The molecule has 1 aromatic carbocycles. The van der Waals surface area contributed by atoms with E-state index in [1.165, 1.54) is 12.4 Å². The van der Waals surface area contributed by atoms with Crippen LogP contribution in [0.5, 0.6) is 0 Å². The summed E-state index contributed by atoms with van der Waals surface area (Å²) < 4.78 is 26.5. The first-order valence-electron chi connectivity index (χ1n) is 8.98. The number of hydrogen-bond donors (Lipinski definition) is 5. The highest BCUT2D eigenvalue weighted by Crippen LogP contribution is 2.09. The van der Waals surface area contributed by atoms with Crippen LogP contribution in [0.4, 0.5) is 8.78 Å². The van der Waals surface area contributed by atoms with Gasteiger partial charge in [0.1, 0.15) is 23.7 Å². The number of carbonyl (C=O) groups is 2. The Hall–Kier alpha value is -2.68. The minimum absolute atomic E-state index is 0.0483. The van der Waals surface area contributed by atoms with Crippen molar-refractivity contribution in [3.63, 3.8) is 0 Å². The van der Waals surface area contributed by atoms with Crippen LogP contribution in [0.15, 0.2) is 30.6 Å². The highest BCUT2D eigenvalue weighted by molar-refractivity contribution is 5.77. The van der Waals surface area contributed by atoms with Crippen LogP contribution < -0.4 is 16.0 Å². The summed E-state index contributed by atoms with van der Waals surface area (Å²) in [5.74, 6) is -3.04. The molecule has 156 valence electrons. The molecule has 0 saturated carbocycles. The van der Waals surface area contributed by atoms with Crippen LogP contribution in [-0.2, 0) is 16.1 Å². The van der Waals surface area contributed by atoms with Crippen LogP contribution in [-0.4, -0.2) is 40.8 Å². The van der Waals surface area contributed by atoms with Gasteiger partial charge in [-0.15, -0.1) is 0 Å². The zero-order chi connectivity index (χ0) is 21.1. The van der Waals surface area contributed by atoms with Gasteiger partial charge in [-0.2, -0.15) is 0 Å². The highest BCUT2D eigenvalue weighted by Gasteiger charge is 2.25. The summed E-state index contributed by atoms with van der Waals surface area (Å²) in [6.07, 6.45) is 3.83. The number of hydrogen-bond acceptors (Lipinski definition) is 5. The molecule has 0 unspecified atom stereocenters. The van der Waals surface area contributed by atoms with Crippen LogP contribution in [0.25, 0.3) is 0 Å². The van der Waals surface area contributed by atoms with Crippen molar-refractivity contribution in [1.82, 2.24) is 16.0 Å². The number of halogens is 2. The van der Waals surface area contributed by atoms with Crippen molar-refractivity contribution in [3.8, 4) is 0 Å². The van der Waals surface area contributed by atoms with Crippen LogP contribution in [0.1, 0.15) is 32.3 Å². The molecule has 9 heteroatoms. The Balaban J connectivity index is 2.47. The predicted octanol–water partition coefficient (Wildman–Crippen LogP) is 2.05. The molecular formula is C19H27F2N3O4. The third kappa shape index (κ3) is 8.81. The van der Waals surface area contributed by atoms with Crippen molar-refractivity contribution >= 4 is 11.9 Å². The molecule has 5 N–H and O–H groups in total. The van der Waals surface area contributed by atoms with Gasteiger partial charge in [-0.25, -0.2) is 8.78 Å². The summed E-state index contributed by atoms with van der Waals surface area (Å²) in [7, 11) is 0. The quantitative estimate of drug-likeness (QED) is 0.345. The Morgan fingerprint density at radius 3 is 2.29 bits per heavy atom. The number of aliphatic carboxylic acids is 2. The summed E-state index contributed by atoms with van der Waals surface area (Å²) in [6, 6.07) is 1.09. The van der Waals surface area contributed by atoms with E-state index in [-0.39, 0.29) is 18.7 Å². The van der Waals surface area contributed by atoms with Crippen molar-refractivity contribution in [2.45, 2.75) is 45.3 Å². The van der Waals surface area contributed by atoms with Crippen LogP contribution in [0.3, 0.4) is 0 Å². The van der Waals surface area contributed by atoms with Crippen LogP contribution in [0, 0.1) is 17.6 Å². The van der Waals surface area contributed by atoms with E-state index in [0.717, 1.165) is 18.2 Å². The fraction of sp³-hybridized carbons (Fsp3) is 0.474. The summed E-state index contributed by atoms with van der Waals surface area (Å²) in [6.45, 7) is 3.93. The van der Waals surface area contributed by atoms with Gasteiger partial charge in [0.25, 0.3) is 0 Å². The molecule has 0 aliphatic carbocycles. The molecule has 2 atom stereocenters. The number of benzene rings is 1. The van der Waals surface area contributed by atoms with Gasteiger partial charge in [0.2, 0.25) is 0 Å². The fourth-order valence-corrected chi connectivity index (χ4v) is 2.39. The highest BCUT2D eigenvalue weighted by atomic mass is 19.1. The second-order valence-electron chi connectivity index (χ2n) is 6.78. The van der Waals surface area contributed by atoms with E-state index < -0.39 is 35.7 Å². The lowest BCUT2D eigenvalue weighted by atomic mass is 10.0. The van der Waals surface area contributed by atoms with Gasteiger partial charge in [-0.3, -0.25) is 14.9 Å². The Bertz CT molecular complexity index is 683. The van der Waals surface area contributed by atoms with E-state index in [1.807, 2.05) is 13.8 Å². The van der Waals surface area contributed by atoms with Gasteiger partial charge in [-0.1, -0.05) is 13.8 Å². The molecule has 7 nitrogen and oxygen atoms in total. The second-order valence-corrected chi connectivity index (χ2v) is 6.78. The number of carboxylic acids is 2. The number of nitrogens with one attached hydrogen (secondary N) is 3. The Morgan fingerprint density at radius 1 is 1.04 bits per heavy atom. The zero-order valence-electron chi connectivity index (χ0n) is 15.9. The molecule has 0 amide bonds. The van der Waals surface area contributed by atoms with Crippen molar-refractivity contribution in [2.75, 3.05) is 6.54 Å². The molecule has 0 heterocycles. The van der Waals surface area contributed by atoms with Crippen LogP contribution in [0.2, 0.25) is 0 Å². The van der Waals surface area contributed by atoms with Crippen molar-refractivity contribution in [1.29, 1.82) is 0 Å². The molecule has 28 heavy (non-hydrogen) atoms. The van der Waals surface area contributed by atoms with Gasteiger partial charge in [0.05, 0.1) is 0 Å². The molecule has 0 radical (unpaired) electrons. The topological polar surface area (TPSA) is 111 Å². The summed E-state index contributed by atoms with van der Waals surface area (Å²) >= 11 is 0. The van der Waals surface area contributed by atoms with E-state index in [0.29, 0.717) is 18.8 Å². The first-order chi connectivity index (χ1) is 13.2. The average molecular weight is 399 g/mol. The third-order valence-corrected chi connectivity index (χ3v) is 3.97. The second kappa shape index (κ2) is 11.9. The summed E-state index contributed by atoms with van der Waals surface area (Å²) in [5, 5.41) is 26.7. The normalized spacial score (nSPS) is 13.5. The number of carboxylic acid groups (broad SMARTS) is 2. The van der Waals surface area contributed by atoms with Gasteiger partial charge >= 0.3 is 11.9 Å². The molecule has 0 saturated heterocycles. The molecule has 0 bridgehead atoms. The van der Waals surface area contributed by atoms with Crippen molar-refractivity contribution < 1.29 is 28.6 Å². The van der Waals surface area contributed by atoms with E-state index in [1.54, 1.807) is 0 Å². The van der Waals surface area contributed by atoms with Gasteiger partial charge in [-0.05, 0) is 37.0 Å². The SMILES string of the molecule is CC(C)CC[C@H](N[C@@H](CN/C=C\NCc1cc(F)ccc1F)C(=O)O)C(=O)O. The Morgan fingerprint density at radius 2 is 1.68 bits per heavy atom. The standard InChI is InChI=1S/C19H27F2N3O4/c1-12(2)3-6-16(18(25)26)24-17(19(27)28)11-23-8-7-22-10-13-9-14(20)4-5-15(13)21/h4-5,7-9,12,16-17,22-24H,3,6,10-11H2,1-2H3,(H,25,26)(H,27,28)/b8-7-/t16-,17-/m0/s1. The third-order valence-electron chi connectivity index (χ3n) is 3.97. The van der Waals surface area contributed by atoms with Gasteiger partial charge < -0.3 is 20.8 Å². The lowest BCUT2D eigenvalue weighted by Crippen LogP contribution is -2.51. The zero-order valence-corrected chi connectivity index (χ0v) is 15.9. The largest absolute Gasteiger partial charge is 0.480 e. The average Bonchev–Trinajstić information content (AvgIpc) is 2.61. The lowest BCUT2D eigenvalue weighted by Gasteiger charge is -2.21. The maximum Gasteiger partial charge on any atom is 0.322 e. The van der Waals surface area contributed by atoms with E-state index in [4.69, 9.17) is 0 Å². The number of rotatable bonds is 13. The Labute approximate surface area is 162 Å². The minimum Gasteiger partial charge on any atom is -0.480 e. The molecule has 0 aliphatic rings. The fourth-order valence-electron chi connectivity index (χ4n) is 2.39. The smallest absolute Gasteiger partial charge is 0.322 e. The molecule has 1 aromatic rings. The molecule has 0 fully saturated rings. The molecule has 0 aromatic heterocycles.